The van der Waals surface area contributed by atoms with Crippen molar-refractivity contribution >= 4 is 23.2 Å². The highest BCUT2D eigenvalue weighted by atomic mass is 35.5. The summed E-state index contributed by atoms with van der Waals surface area (Å²) in [6.07, 6.45) is -0.998. The predicted octanol–water partition coefficient (Wildman–Crippen LogP) is 3.51. The molecule has 3 rings (SSSR count). The van der Waals surface area contributed by atoms with E-state index in [0.29, 0.717) is 13.1 Å². The van der Waals surface area contributed by atoms with Gasteiger partial charge in [-0.25, -0.2) is 0 Å². The highest BCUT2D eigenvalue weighted by Gasteiger charge is 2.33. The minimum Gasteiger partial charge on any atom is -0.325 e. The molecule has 0 bridgehead atoms. The fraction of sp³-hybridized carbons (Fsp3) is 0.368. The van der Waals surface area contributed by atoms with E-state index in [4.69, 9.17) is 11.6 Å². The lowest BCUT2D eigenvalue weighted by Crippen LogP contribution is -2.48. The molecular formula is C19H20ClF3N4O. The van der Waals surface area contributed by atoms with Crippen LogP contribution in [0.1, 0.15) is 11.1 Å². The SMILES string of the molecule is O=C(CN1CCN(Cc2cccnc2)CC1)Nc1ccc(Cl)c(C(F)(F)F)c1. The maximum atomic E-state index is 12.9. The lowest BCUT2D eigenvalue weighted by molar-refractivity contribution is -0.137. The van der Waals surface area contributed by atoms with E-state index in [1.165, 1.54) is 6.07 Å². The molecular weight excluding hydrogens is 393 g/mol. The van der Waals surface area contributed by atoms with E-state index in [9.17, 15) is 18.0 Å². The summed E-state index contributed by atoms with van der Waals surface area (Å²) < 4.78 is 38.8. The van der Waals surface area contributed by atoms with E-state index >= 15 is 0 Å². The number of rotatable bonds is 5. The Balaban J connectivity index is 1.48. The van der Waals surface area contributed by atoms with Gasteiger partial charge in [0, 0.05) is 50.8 Å². The molecule has 1 amide bonds. The van der Waals surface area contributed by atoms with Crippen molar-refractivity contribution in [2.45, 2.75) is 12.7 Å². The molecule has 1 saturated heterocycles. The van der Waals surface area contributed by atoms with Gasteiger partial charge in [0.1, 0.15) is 0 Å². The van der Waals surface area contributed by atoms with Gasteiger partial charge in [0.15, 0.2) is 0 Å². The van der Waals surface area contributed by atoms with Crippen molar-refractivity contribution in [1.82, 2.24) is 14.8 Å². The number of aromatic nitrogens is 1. The van der Waals surface area contributed by atoms with Crippen LogP contribution in [-0.4, -0.2) is 53.4 Å². The van der Waals surface area contributed by atoms with Crippen molar-refractivity contribution in [2.24, 2.45) is 0 Å². The van der Waals surface area contributed by atoms with Gasteiger partial charge in [0.2, 0.25) is 5.91 Å². The van der Waals surface area contributed by atoms with Crippen molar-refractivity contribution in [3.63, 3.8) is 0 Å². The van der Waals surface area contributed by atoms with E-state index in [0.717, 1.165) is 37.3 Å². The summed E-state index contributed by atoms with van der Waals surface area (Å²) >= 11 is 5.60. The van der Waals surface area contributed by atoms with Crippen LogP contribution in [0.2, 0.25) is 5.02 Å². The average Bonchev–Trinajstić information content (AvgIpc) is 2.65. The Morgan fingerprint density at radius 3 is 2.50 bits per heavy atom. The number of pyridine rings is 1. The largest absolute Gasteiger partial charge is 0.417 e. The fourth-order valence-electron chi connectivity index (χ4n) is 3.08. The number of hydrogen-bond donors (Lipinski definition) is 1. The molecule has 0 aliphatic carbocycles. The summed E-state index contributed by atoms with van der Waals surface area (Å²) in [6.45, 7) is 3.97. The number of carbonyl (C=O) groups excluding carboxylic acids is 1. The van der Waals surface area contributed by atoms with Crippen LogP contribution in [-0.2, 0) is 17.5 Å². The Morgan fingerprint density at radius 2 is 1.86 bits per heavy atom. The van der Waals surface area contributed by atoms with E-state index in [1.807, 2.05) is 23.2 Å². The Kier molecular flexibility index (Phi) is 6.53. The zero-order valence-electron chi connectivity index (χ0n) is 15.0. The van der Waals surface area contributed by atoms with Gasteiger partial charge >= 0.3 is 6.18 Å². The molecule has 0 unspecified atom stereocenters. The lowest BCUT2D eigenvalue weighted by atomic mass is 10.2. The van der Waals surface area contributed by atoms with Crippen LogP contribution < -0.4 is 5.32 Å². The van der Waals surface area contributed by atoms with Gasteiger partial charge in [-0.1, -0.05) is 17.7 Å². The second-order valence-electron chi connectivity index (χ2n) is 6.65. The van der Waals surface area contributed by atoms with Crippen molar-refractivity contribution in [1.29, 1.82) is 0 Å². The van der Waals surface area contributed by atoms with E-state index in [-0.39, 0.29) is 18.1 Å². The Bertz CT molecular complexity index is 809. The van der Waals surface area contributed by atoms with E-state index in [1.54, 1.807) is 6.20 Å². The topological polar surface area (TPSA) is 48.5 Å². The van der Waals surface area contributed by atoms with Gasteiger partial charge in [0.25, 0.3) is 0 Å². The second-order valence-corrected chi connectivity index (χ2v) is 7.06. The van der Waals surface area contributed by atoms with Crippen LogP contribution in [0.15, 0.2) is 42.7 Å². The monoisotopic (exact) mass is 412 g/mol. The van der Waals surface area contributed by atoms with Crippen molar-refractivity contribution < 1.29 is 18.0 Å². The molecule has 1 aromatic carbocycles. The molecule has 1 aliphatic rings. The highest BCUT2D eigenvalue weighted by molar-refractivity contribution is 6.31. The second kappa shape index (κ2) is 8.89. The maximum absolute atomic E-state index is 12.9. The number of hydrogen-bond acceptors (Lipinski definition) is 4. The van der Waals surface area contributed by atoms with E-state index in [2.05, 4.69) is 15.2 Å². The third kappa shape index (κ3) is 5.67. The normalized spacial score (nSPS) is 16.1. The number of piperazine rings is 1. The minimum absolute atomic E-state index is 0.0805. The third-order valence-electron chi connectivity index (χ3n) is 4.52. The van der Waals surface area contributed by atoms with Crippen LogP contribution in [0.5, 0.6) is 0 Å². The van der Waals surface area contributed by atoms with Crippen molar-refractivity contribution in [3.05, 3.63) is 58.9 Å². The van der Waals surface area contributed by atoms with Crippen LogP contribution in [0.25, 0.3) is 0 Å². The summed E-state index contributed by atoms with van der Waals surface area (Å²) in [6, 6.07) is 7.27. The zero-order valence-corrected chi connectivity index (χ0v) is 15.8. The smallest absolute Gasteiger partial charge is 0.325 e. The number of carbonyl (C=O) groups is 1. The standard InChI is InChI=1S/C19H20ClF3N4O/c20-17-4-3-15(10-16(17)19(21,22)23)25-18(28)13-27-8-6-26(7-9-27)12-14-2-1-5-24-11-14/h1-5,10-11H,6-9,12-13H2,(H,25,28). The lowest BCUT2D eigenvalue weighted by Gasteiger charge is -2.34. The Morgan fingerprint density at radius 1 is 1.14 bits per heavy atom. The molecule has 28 heavy (non-hydrogen) atoms. The zero-order chi connectivity index (χ0) is 20.1. The van der Waals surface area contributed by atoms with Crippen molar-refractivity contribution in [3.8, 4) is 0 Å². The summed E-state index contributed by atoms with van der Waals surface area (Å²) in [5.41, 5.74) is 0.254. The Hall–Kier alpha value is -2.16. The number of nitrogens with zero attached hydrogens (tertiary/aromatic N) is 3. The van der Waals surface area contributed by atoms with Crippen LogP contribution >= 0.6 is 11.6 Å². The third-order valence-corrected chi connectivity index (χ3v) is 4.85. The first kappa shape index (κ1) is 20.6. The minimum atomic E-state index is -4.57. The summed E-state index contributed by atoms with van der Waals surface area (Å²) in [7, 11) is 0. The van der Waals surface area contributed by atoms with Crippen molar-refractivity contribution in [2.75, 3.05) is 38.0 Å². The number of nitrogens with one attached hydrogen (secondary N) is 1. The molecule has 9 heteroatoms. The average molecular weight is 413 g/mol. The van der Waals surface area contributed by atoms with Crippen LogP contribution in [0, 0.1) is 0 Å². The summed E-state index contributed by atoms with van der Waals surface area (Å²) in [4.78, 5) is 20.6. The number of alkyl halides is 3. The molecule has 1 aromatic heterocycles. The molecule has 2 heterocycles. The quantitative estimate of drug-likeness (QED) is 0.816. The van der Waals surface area contributed by atoms with Gasteiger partial charge in [-0.05, 0) is 29.8 Å². The first-order valence-corrected chi connectivity index (χ1v) is 9.19. The first-order valence-electron chi connectivity index (χ1n) is 8.81. The van der Waals surface area contributed by atoms with Gasteiger partial charge in [-0.2, -0.15) is 13.2 Å². The summed E-state index contributed by atoms with van der Waals surface area (Å²) in [5, 5.41) is 2.13. The van der Waals surface area contributed by atoms with Crippen LogP contribution in [0.4, 0.5) is 18.9 Å². The number of anilines is 1. The van der Waals surface area contributed by atoms with E-state index < -0.39 is 16.8 Å². The molecule has 0 saturated carbocycles. The van der Waals surface area contributed by atoms with Gasteiger partial charge in [-0.3, -0.25) is 19.6 Å². The first-order chi connectivity index (χ1) is 13.3. The predicted molar refractivity (Wildman–Crippen MR) is 101 cm³/mol. The summed E-state index contributed by atoms with van der Waals surface area (Å²) in [5.74, 6) is -0.351. The van der Waals surface area contributed by atoms with Gasteiger partial charge < -0.3 is 5.32 Å². The highest BCUT2D eigenvalue weighted by Crippen LogP contribution is 2.36. The maximum Gasteiger partial charge on any atom is 0.417 e. The fourth-order valence-corrected chi connectivity index (χ4v) is 3.30. The molecule has 1 aliphatic heterocycles. The Labute approximate surface area is 166 Å². The number of amides is 1. The molecule has 2 aromatic rings. The molecule has 0 atom stereocenters. The molecule has 0 radical (unpaired) electrons. The number of benzene rings is 1. The number of halogens is 4. The molecule has 1 fully saturated rings. The van der Waals surface area contributed by atoms with Crippen LogP contribution in [0.3, 0.4) is 0 Å². The van der Waals surface area contributed by atoms with Gasteiger partial charge in [-0.15, -0.1) is 0 Å². The molecule has 150 valence electrons. The molecule has 0 spiro atoms. The van der Waals surface area contributed by atoms with Gasteiger partial charge in [0.05, 0.1) is 17.1 Å². The molecule has 1 N–H and O–H groups in total. The molecule has 5 nitrogen and oxygen atoms in total.